The van der Waals surface area contributed by atoms with E-state index in [1.165, 1.54) is 12.1 Å². The molecule has 2 N–H and O–H groups in total. The Bertz CT molecular complexity index is 402. The Balaban J connectivity index is 0.00000400. The van der Waals surface area contributed by atoms with E-state index in [2.05, 4.69) is 15.4 Å². The molecule has 21 heavy (non-hydrogen) atoms. The first-order chi connectivity index (χ1) is 9.61. The number of alkyl halides is 2. The fourth-order valence-electron chi connectivity index (χ4n) is 1.65. The molecule has 1 aromatic rings. The van der Waals surface area contributed by atoms with Crippen LogP contribution in [-0.2, 0) is 11.2 Å². The van der Waals surface area contributed by atoms with Crippen LogP contribution in [0.5, 0.6) is 5.75 Å². The number of aryl methyl sites for hydroxylation is 1. The van der Waals surface area contributed by atoms with Crippen LogP contribution >= 0.6 is 12.4 Å². The van der Waals surface area contributed by atoms with Gasteiger partial charge in [-0.25, -0.2) is 0 Å². The van der Waals surface area contributed by atoms with Crippen LogP contribution in [0.3, 0.4) is 0 Å². The summed E-state index contributed by atoms with van der Waals surface area (Å²) < 4.78 is 28.2. The molecule has 0 atom stereocenters. The second-order valence-corrected chi connectivity index (χ2v) is 4.23. The molecule has 1 rings (SSSR count). The van der Waals surface area contributed by atoms with E-state index in [-0.39, 0.29) is 24.1 Å². The monoisotopic (exact) mass is 322 g/mol. The highest BCUT2D eigenvalue weighted by atomic mass is 35.5. The Hall–Kier alpha value is -1.40. The quantitative estimate of drug-likeness (QED) is 0.686. The maximum Gasteiger partial charge on any atom is 0.387 e. The van der Waals surface area contributed by atoms with Crippen molar-refractivity contribution in [1.82, 2.24) is 10.6 Å². The van der Waals surface area contributed by atoms with Gasteiger partial charge in [0.1, 0.15) is 5.75 Å². The number of hydrogen-bond donors (Lipinski definition) is 2. The van der Waals surface area contributed by atoms with Crippen LogP contribution in [0.25, 0.3) is 0 Å². The van der Waals surface area contributed by atoms with Crippen LogP contribution in [0.15, 0.2) is 24.3 Å². The second kappa shape index (κ2) is 11.3. The molecule has 0 radical (unpaired) electrons. The Morgan fingerprint density at radius 3 is 2.48 bits per heavy atom. The fraction of sp³-hybridized carbons (Fsp3) is 0.500. The van der Waals surface area contributed by atoms with Crippen LogP contribution in [0, 0.1) is 0 Å². The average molecular weight is 323 g/mol. The first-order valence-electron chi connectivity index (χ1n) is 6.63. The predicted molar refractivity (Wildman–Crippen MR) is 80.2 cm³/mol. The SMILES string of the molecule is CCNCCNC(=O)CCc1ccc(OC(F)F)cc1.Cl. The third kappa shape index (κ3) is 9.20. The molecule has 0 saturated carbocycles. The van der Waals surface area contributed by atoms with E-state index in [1.807, 2.05) is 6.92 Å². The maximum atomic E-state index is 12.0. The highest BCUT2D eigenvalue weighted by Gasteiger charge is 2.05. The molecule has 1 amide bonds. The predicted octanol–water partition coefficient (Wildman–Crippen LogP) is 2.37. The van der Waals surface area contributed by atoms with Gasteiger partial charge in [-0.15, -0.1) is 12.4 Å². The number of rotatable bonds is 9. The van der Waals surface area contributed by atoms with Gasteiger partial charge >= 0.3 is 6.61 Å². The van der Waals surface area contributed by atoms with E-state index in [1.54, 1.807) is 12.1 Å². The smallest absolute Gasteiger partial charge is 0.387 e. The molecular formula is C14H21ClF2N2O2. The minimum absolute atomic E-state index is 0. The average Bonchev–Trinajstić information content (AvgIpc) is 2.42. The number of carbonyl (C=O) groups excluding carboxylic acids is 1. The number of carbonyl (C=O) groups is 1. The molecule has 0 bridgehead atoms. The second-order valence-electron chi connectivity index (χ2n) is 4.23. The van der Waals surface area contributed by atoms with E-state index in [0.29, 0.717) is 19.4 Å². The van der Waals surface area contributed by atoms with Gasteiger partial charge in [0.2, 0.25) is 5.91 Å². The first-order valence-corrected chi connectivity index (χ1v) is 6.63. The molecule has 0 aromatic heterocycles. The Kier molecular flexibility index (Phi) is 10.5. The third-order valence-corrected chi connectivity index (χ3v) is 2.66. The van der Waals surface area contributed by atoms with Crippen molar-refractivity contribution in [2.24, 2.45) is 0 Å². The van der Waals surface area contributed by atoms with Gasteiger partial charge in [0.25, 0.3) is 0 Å². The lowest BCUT2D eigenvalue weighted by Gasteiger charge is -2.07. The van der Waals surface area contributed by atoms with Gasteiger partial charge in [-0.1, -0.05) is 19.1 Å². The van der Waals surface area contributed by atoms with Crippen molar-refractivity contribution in [2.75, 3.05) is 19.6 Å². The number of hydrogen-bond acceptors (Lipinski definition) is 3. The molecule has 1 aromatic carbocycles. The summed E-state index contributed by atoms with van der Waals surface area (Å²) in [5.41, 5.74) is 0.911. The summed E-state index contributed by atoms with van der Waals surface area (Å²) in [4.78, 5) is 11.5. The molecular weight excluding hydrogens is 302 g/mol. The Morgan fingerprint density at radius 1 is 1.24 bits per heavy atom. The van der Waals surface area contributed by atoms with Crippen LogP contribution in [0.4, 0.5) is 8.78 Å². The number of halogens is 3. The van der Waals surface area contributed by atoms with Crippen LogP contribution in [-0.4, -0.2) is 32.2 Å². The van der Waals surface area contributed by atoms with Gasteiger partial charge in [0, 0.05) is 19.5 Å². The zero-order chi connectivity index (χ0) is 14.8. The normalized spacial score (nSPS) is 10.1. The van der Waals surface area contributed by atoms with E-state index in [9.17, 15) is 13.6 Å². The summed E-state index contributed by atoms with van der Waals surface area (Å²) in [6, 6.07) is 6.32. The van der Waals surface area contributed by atoms with Crippen molar-refractivity contribution in [3.05, 3.63) is 29.8 Å². The third-order valence-electron chi connectivity index (χ3n) is 2.66. The molecule has 0 heterocycles. The number of ether oxygens (including phenoxy) is 1. The number of likely N-dealkylation sites (N-methyl/N-ethyl adjacent to an activating group) is 1. The molecule has 120 valence electrons. The molecule has 0 saturated heterocycles. The van der Waals surface area contributed by atoms with Crippen molar-refractivity contribution < 1.29 is 18.3 Å². The van der Waals surface area contributed by atoms with Gasteiger partial charge in [0.15, 0.2) is 0 Å². The molecule has 0 aliphatic heterocycles. The summed E-state index contributed by atoms with van der Waals surface area (Å²) in [6.45, 7) is 1.42. The maximum absolute atomic E-state index is 12.0. The van der Waals surface area contributed by atoms with E-state index in [4.69, 9.17) is 0 Å². The largest absolute Gasteiger partial charge is 0.435 e. The van der Waals surface area contributed by atoms with Crippen LogP contribution in [0.2, 0.25) is 0 Å². The zero-order valence-electron chi connectivity index (χ0n) is 11.9. The summed E-state index contributed by atoms with van der Waals surface area (Å²) in [5, 5.41) is 5.91. The first kappa shape index (κ1) is 19.6. The lowest BCUT2D eigenvalue weighted by Crippen LogP contribution is -2.31. The van der Waals surface area contributed by atoms with E-state index < -0.39 is 6.61 Å². The Morgan fingerprint density at radius 2 is 1.90 bits per heavy atom. The number of benzene rings is 1. The highest BCUT2D eigenvalue weighted by Crippen LogP contribution is 2.15. The molecule has 0 aliphatic carbocycles. The van der Waals surface area contributed by atoms with Crippen molar-refractivity contribution in [1.29, 1.82) is 0 Å². The molecule has 0 aliphatic rings. The van der Waals surface area contributed by atoms with Gasteiger partial charge in [0.05, 0.1) is 0 Å². The van der Waals surface area contributed by atoms with Gasteiger partial charge < -0.3 is 15.4 Å². The lowest BCUT2D eigenvalue weighted by atomic mass is 10.1. The minimum Gasteiger partial charge on any atom is -0.435 e. The summed E-state index contributed by atoms with van der Waals surface area (Å²) in [6.07, 6.45) is 0.948. The van der Waals surface area contributed by atoms with Crippen LogP contribution < -0.4 is 15.4 Å². The van der Waals surface area contributed by atoms with Crippen molar-refractivity contribution in [3.8, 4) is 5.75 Å². The lowest BCUT2D eigenvalue weighted by molar-refractivity contribution is -0.121. The van der Waals surface area contributed by atoms with Gasteiger partial charge in [-0.2, -0.15) is 8.78 Å². The van der Waals surface area contributed by atoms with Crippen LogP contribution in [0.1, 0.15) is 18.9 Å². The molecule has 0 spiro atoms. The molecule has 0 unspecified atom stereocenters. The standard InChI is InChI=1S/C14H20F2N2O2.ClH/c1-2-17-9-10-18-13(19)8-5-11-3-6-12(7-4-11)20-14(15)16;/h3-4,6-7,14,17H,2,5,8-10H2,1H3,(H,18,19);1H. The van der Waals surface area contributed by atoms with Gasteiger partial charge in [-0.05, 0) is 30.7 Å². The number of amides is 1. The van der Waals surface area contributed by atoms with E-state index in [0.717, 1.165) is 18.7 Å². The summed E-state index contributed by atoms with van der Waals surface area (Å²) in [7, 11) is 0. The summed E-state index contributed by atoms with van der Waals surface area (Å²) >= 11 is 0. The zero-order valence-corrected chi connectivity index (χ0v) is 12.7. The number of nitrogens with one attached hydrogen (secondary N) is 2. The van der Waals surface area contributed by atoms with Crippen molar-refractivity contribution in [3.63, 3.8) is 0 Å². The van der Waals surface area contributed by atoms with E-state index >= 15 is 0 Å². The molecule has 4 nitrogen and oxygen atoms in total. The Labute approximate surface area is 129 Å². The topological polar surface area (TPSA) is 50.4 Å². The highest BCUT2D eigenvalue weighted by molar-refractivity contribution is 5.85. The van der Waals surface area contributed by atoms with Crippen molar-refractivity contribution in [2.45, 2.75) is 26.4 Å². The molecule has 0 fully saturated rings. The fourth-order valence-corrected chi connectivity index (χ4v) is 1.65. The van der Waals surface area contributed by atoms with Gasteiger partial charge in [-0.3, -0.25) is 4.79 Å². The minimum atomic E-state index is -2.82. The molecule has 7 heteroatoms. The summed E-state index contributed by atoms with van der Waals surface area (Å²) in [5.74, 6) is 0.106. The van der Waals surface area contributed by atoms with Crippen molar-refractivity contribution >= 4 is 18.3 Å².